The van der Waals surface area contributed by atoms with E-state index < -0.39 is 6.10 Å². The molecular weight excluding hydrogens is 288 g/mol. The van der Waals surface area contributed by atoms with E-state index in [9.17, 15) is 4.79 Å². The maximum atomic E-state index is 12.3. The monoisotopic (exact) mass is 312 g/mol. The first-order chi connectivity index (χ1) is 9.69. The van der Waals surface area contributed by atoms with Gasteiger partial charge in [0.15, 0.2) is 6.10 Å². The van der Waals surface area contributed by atoms with E-state index in [2.05, 4.69) is 10.6 Å². The van der Waals surface area contributed by atoms with Crippen molar-refractivity contribution in [3.05, 3.63) is 29.8 Å². The summed E-state index contributed by atoms with van der Waals surface area (Å²) in [5.74, 6) is 0.762. The van der Waals surface area contributed by atoms with Crippen LogP contribution in [0.15, 0.2) is 24.3 Å². The molecule has 1 aromatic carbocycles. The molecule has 1 aliphatic rings. The minimum atomic E-state index is -0.410. The van der Waals surface area contributed by atoms with E-state index in [4.69, 9.17) is 4.74 Å². The third kappa shape index (κ3) is 5.56. The van der Waals surface area contributed by atoms with Crippen LogP contribution in [0.2, 0.25) is 0 Å². The largest absolute Gasteiger partial charge is 0.481 e. The van der Waals surface area contributed by atoms with Crippen LogP contribution in [0.5, 0.6) is 5.75 Å². The number of nitrogens with one attached hydrogen (secondary N) is 2. The van der Waals surface area contributed by atoms with Gasteiger partial charge in [-0.2, -0.15) is 0 Å². The number of ether oxygens (including phenoxy) is 1. The molecule has 5 heteroatoms. The molecule has 2 N–H and O–H groups in total. The molecule has 0 radical (unpaired) electrons. The Morgan fingerprint density at radius 3 is 2.76 bits per heavy atom. The first kappa shape index (κ1) is 17.8. The normalized spacial score (nSPS) is 16.7. The van der Waals surface area contributed by atoms with Crippen LogP contribution >= 0.6 is 12.4 Å². The van der Waals surface area contributed by atoms with E-state index in [1.807, 2.05) is 38.1 Å². The van der Waals surface area contributed by atoms with Gasteiger partial charge in [-0.1, -0.05) is 19.1 Å². The highest BCUT2D eigenvalue weighted by molar-refractivity contribution is 5.85. The number of hydrogen-bond donors (Lipinski definition) is 2. The number of rotatable bonds is 5. The topological polar surface area (TPSA) is 50.4 Å². The van der Waals surface area contributed by atoms with Crippen molar-refractivity contribution in [2.45, 2.75) is 45.3 Å². The summed E-state index contributed by atoms with van der Waals surface area (Å²) in [6.45, 7) is 5.94. The van der Waals surface area contributed by atoms with Gasteiger partial charge in [0.2, 0.25) is 0 Å². The SMILES string of the molecule is CCC(Oc1cccc(C)c1)C(=O)NC1CCNCC1.Cl. The molecule has 2 rings (SSSR count). The Balaban J connectivity index is 0.00000220. The molecule has 21 heavy (non-hydrogen) atoms. The molecule has 1 atom stereocenters. The van der Waals surface area contributed by atoms with Crippen LogP contribution in [0.3, 0.4) is 0 Å². The second-order valence-corrected chi connectivity index (χ2v) is 5.36. The van der Waals surface area contributed by atoms with Gasteiger partial charge in [0.05, 0.1) is 0 Å². The molecule has 0 spiro atoms. The van der Waals surface area contributed by atoms with E-state index in [0.717, 1.165) is 37.2 Å². The maximum Gasteiger partial charge on any atom is 0.261 e. The summed E-state index contributed by atoms with van der Waals surface area (Å²) >= 11 is 0. The fourth-order valence-corrected chi connectivity index (χ4v) is 2.44. The van der Waals surface area contributed by atoms with E-state index in [1.165, 1.54) is 0 Å². The van der Waals surface area contributed by atoms with Crippen LogP contribution in [-0.4, -0.2) is 31.1 Å². The average molecular weight is 313 g/mol. The van der Waals surface area contributed by atoms with Crippen LogP contribution in [0.25, 0.3) is 0 Å². The molecule has 1 heterocycles. The van der Waals surface area contributed by atoms with E-state index in [-0.39, 0.29) is 24.4 Å². The zero-order valence-electron chi connectivity index (χ0n) is 12.7. The third-order valence-electron chi connectivity index (χ3n) is 3.62. The molecule has 1 aliphatic heterocycles. The first-order valence-corrected chi connectivity index (χ1v) is 7.43. The minimum Gasteiger partial charge on any atom is -0.481 e. The number of amides is 1. The van der Waals surface area contributed by atoms with Crippen molar-refractivity contribution < 1.29 is 9.53 Å². The van der Waals surface area contributed by atoms with Crippen molar-refractivity contribution in [1.29, 1.82) is 0 Å². The summed E-state index contributed by atoms with van der Waals surface area (Å²) in [6.07, 6.45) is 2.25. The van der Waals surface area contributed by atoms with Crippen molar-refractivity contribution >= 4 is 18.3 Å². The van der Waals surface area contributed by atoms with Gasteiger partial charge >= 0.3 is 0 Å². The van der Waals surface area contributed by atoms with Gasteiger partial charge < -0.3 is 15.4 Å². The van der Waals surface area contributed by atoms with Crippen molar-refractivity contribution in [3.8, 4) is 5.75 Å². The average Bonchev–Trinajstić information content (AvgIpc) is 2.46. The van der Waals surface area contributed by atoms with Crippen LogP contribution in [0, 0.1) is 6.92 Å². The molecule has 1 saturated heterocycles. The lowest BCUT2D eigenvalue weighted by atomic mass is 10.1. The second-order valence-electron chi connectivity index (χ2n) is 5.36. The predicted octanol–water partition coefficient (Wildman–Crippen LogP) is 2.44. The Morgan fingerprint density at radius 1 is 1.43 bits per heavy atom. The Labute approximate surface area is 133 Å². The fourth-order valence-electron chi connectivity index (χ4n) is 2.44. The number of carbonyl (C=O) groups excluding carboxylic acids is 1. The molecule has 1 amide bonds. The highest BCUT2D eigenvalue weighted by atomic mass is 35.5. The Bertz CT molecular complexity index is 448. The van der Waals surface area contributed by atoms with Crippen LogP contribution < -0.4 is 15.4 Å². The van der Waals surface area contributed by atoms with E-state index >= 15 is 0 Å². The molecule has 1 aromatic rings. The van der Waals surface area contributed by atoms with E-state index in [1.54, 1.807) is 0 Å². The van der Waals surface area contributed by atoms with Crippen molar-refractivity contribution in [3.63, 3.8) is 0 Å². The van der Waals surface area contributed by atoms with Gasteiger partial charge in [0.25, 0.3) is 5.91 Å². The molecule has 1 fully saturated rings. The summed E-state index contributed by atoms with van der Waals surface area (Å²) in [4.78, 5) is 12.3. The fraction of sp³-hybridized carbons (Fsp3) is 0.562. The third-order valence-corrected chi connectivity index (χ3v) is 3.62. The van der Waals surface area contributed by atoms with Crippen molar-refractivity contribution in [1.82, 2.24) is 10.6 Å². The Hall–Kier alpha value is -1.26. The highest BCUT2D eigenvalue weighted by Gasteiger charge is 2.22. The van der Waals surface area contributed by atoms with Crippen molar-refractivity contribution in [2.24, 2.45) is 0 Å². The Kier molecular flexibility index (Phi) is 7.54. The lowest BCUT2D eigenvalue weighted by Crippen LogP contribution is -2.47. The summed E-state index contributed by atoms with van der Waals surface area (Å²) in [7, 11) is 0. The lowest BCUT2D eigenvalue weighted by Gasteiger charge is -2.26. The summed E-state index contributed by atoms with van der Waals surface area (Å²) in [6, 6.07) is 8.10. The number of hydrogen-bond acceptors (Lipinski definition) is 3. The second kappa shape index (κ2) is 8.90. The maximum absolute atomic E-state index is 12.3. The molecule has 4 nitrogen and oxygen atoms in total. The smallest absolute Gasteiger partial charge is 0.261 e. The first-order valence-electron chi connectivity index (χ1n) is 7.43. The van der Waals surface area contributed by atoms with Gasteiger partial charge in [0, 0.05) is 6.04 Å². The summed E-state index contributed by atoms with van der Waals surface area (Å²) in [5.41, 5.74) is 1.14. The lowest BCUT2D eigenvalue weighted by molar-refractivity contribution is -0.129. The van der Waals surface area contributed by atoms with Gasteiger partial charge in [-0.3, -0.25) is 4.79 Å². The van der Waals surface area contributed by atoms with Crippen LogP contribution in [0.1, 0.15) is 31.7 Å². The molecular formula is C16H25ClN2O2. The Morgan fingerprint density at radius 2 is 2.14 bits per heavy atom. The van der Waals surface area contributed by atoms with Crippen LogP contribution in [0.4, 0.5) is 0 Å². The van der Waals surface area contributed by atoms with Crippen LogP contribution in [-0.2, 0) is 4.79 Å². The summed E-state index contributed by atoms with van der Waals surface area (Å²) < 4.78 is 5.82. The number of benzene rings is 1. The van der Waals surface area contributed by atoms with Gasteiger partial charge in [-0.05, 0) is 57.0 Å². The van der Waals surface area contributed by atoms with Gasteiger partial charge in [-0.15, -0.1) is 12.4 Å². The number of carbonyl (C=O) groups is 1. The molecule has 0 bridgehead atoms. The summed E-state index contributed by atoms with van der Waals surface area (Å²) in [5, 5.41) is 6.40. The van der Waals surface area contributed by atoms with Gasteiger partial charge in [-0.25, -0.2) is 0 Å². The number of piperidine rings is 1. The molecule has 0 aliphatic carbocycles. The standard InChI is InChI=1S/C16H24N2O2.ClH/c1-3-15(20-14-6-4-5-12(2)11-14)16(19)18-13-7-9-17-10-8-13;/h4-6,11,13,15,17H,3,7-10H2,1-2H3,(H,18,19);1H. The molecule has 0 saturated carbocycles. The predicted molar refractivity (Wildman–Crippen MR) is 87.2 cm³/mol. The zero-order valence-corrected chi connectivity index (χ0v) is 13.5. The molecule has 118 valence electrons. The van der Waals surface area contributed by atoms with Gasteiger partial charge in [0.1, 0.15) is 5.75 Å². The van der Waals surface area contributed by atoms with E-state index in [0.29, 0.717) is 6.42 Å². The van der Waals surface area contributed by atoms with Crippen molar-refractivity contribution in [2.75, 3.05) is 13.1 Å². The number of halogens is 1. The molecule has 1 unspecified atom stereocenters. The quantitative estimate of drug-likeness (QED) is 0.878. The minimum absolute atomic E-state index is 0. The molecule has 0 aromatic heterocycles. The zero-order chi connectivity index (χ0) is 14.4. The highest BCUT2D eigenvalue weighted by Crippen LogP contribution is 2.16. The number of aryl methyl sites for hydroxylation is 1.